The summed E-state index contributed by atoms with van der Waals surface area (Å²) in [7, 11) is 1.58. The molecule has 1 amide bonds. The van der Waals surface area contributed by atoms with Crippen molar-refractivity contribution < 1.29 is 9.53 Å². The van der Waals surface area contributed by atoms with Gasteiger partial charge in [-0.3, -0.25) is 10.1 Å². The van der Waals surface area contributed by atoms with E-state index in [0.29, 0.717) is 16.4 Å². The molecule has 0 aliphatic heterocycles. The highest BCUT2D eigenvalue weighted by Crippen LogP contribution is 2.32. The van der Waals surface area contributed by atoms with E-state index in [1.807, 2.05) is 0 Å². The van der Waals surface area contributed by atoms with Gasteiger partial charge in [0.15, 0.2) is 5.13 Å². The van der Waals surface area contributed by atoms with Gasteiger partial charge in [-0.15, -0.1) is 0 Å². The fourth-order valence-electron chi connectivity index (χ4n) is 2.39. The zero-order chi connectivity index (χ0) is 17.1. The summed E-state index contributed by atoms with van der Waals surface area (Å²) in [5, 5.41) is 3.43. The number of thiazole rings is 1. The molecule has 3 rings (SSSR count). The summed E-state index contributed by atoms with van der Waals surface area (Å²) in [5.41, 5.74) is 4.08. The number of hydrogen-bond acceptors (Lipinski definition) is 4. The van der Waals surface area contributed by atoms with Crippen LogP contribution in [0.15, 0.2) is 48.7 Å². The predicted molar refractivity (Wildman–Crippen MR) is 98.0 cm³/mol. The predicted octanol–water partition coefficient (Wildman–Crippen LogP) is 4.69. The fraction of sp³-hybridized carbons (Fsp3) is 0.158. The zero-order valence-electron chi connectivity index (χ0n) is 13.8. The lowest BCUT2D eigenvalue weighted by Gasteiger charge is -2.05. The number of hydrogen-bond donors (Lipinski definition) is 1. The maximum absolute atomic E-state index is 12.3. The largest absolute Gasteiger partial charge is 0.497 e. The van der Waals surface area contributed by atoms with Gasteiger partial charge in [-0.2, -0.15) is 0 Å². The highest BCUT2D eigenvalue weighted by molar-refractivity contribution is 7.19. The number of amides is 1. The molecule has 0 unspecified atom stereocenters. The van der Waals surface area contributed by atoms with Crippen LogP contribution in [0.2, 0.25) is 0 Å². The maximum Gasteiger partial charge on any atom is 0.257 e. The zero-order valence-corrected chi connectivity index (χ0v) is 14.6. The second kappa shape index (κ2) is 6.84. The quantitative estimate of drug-likeness (QED) is 0.751. The molecule has 122 valence electrons. The molecular formula is C19H18N2O2S. The van der Waals surface area contributed by atoms with E-state index >= 15 is 0 Å². The minimum Gasteiger partial charge on any atom is -0.497 e. The number of carbonyl (C=O) groups is 1. The van der Waals surface area contributed by atoms with Crippen molar-refractivity contribution >= 4 is 22.4 Å². The third kappa shape index (κ3) is 3.46. The van der Waals surface area contributed by atoms with Crippen LogP contribution in [0.3, 0.4) is 0 Å². The van der Waals surface area contributed by atoms with Gasteiger partial charge in [-0.25, -0.2) is 4.98 Å². The SMILES string of the molecule is COc1cccc(C(=O)Nc2ncc(-c3cc(C)ccc3C)s2)c1. The second-order valence-corrected chi connectivity index (χ2v) is 6.56. The van der Waals surface area contributed by atoms with Gasteiger partial charge in [0.25, 0.3) is 5.91 Å². The highest BCUT2D eigenvalue weighted by Gasteiger charge is 2.12. The van der Waals surface area contributed by atoms with Gasteiger partial charge in [-0.05, 0) is 43.2 Å². The summed E-state index contributed by atoms with van der Waals surface area (Å²) in [4.78, 5) is 17.7. The van der Waals surface area contributed by atoms with Crippen molar-refractivity contribution in [1.29, 1.82) is 0 Å². The number of ether oxygens (including phenoxy) is 1. The van der Waals surface area contributed by atoms with Crippen molar-refractivity contribution in [3.63, 3.8) is 0 Å². The van der Waals surface area contributed by atoms with Crippen molar-refractivity contribution in [2.24, 2.45) is 0 Å². The Morgan fingerprint density at radius 3 is 2.79 bits per heavy atom. The van der Waals surface area contributed by atoms with E-state index in [1.54, 1.807) is 37.6 Å². The minimum atomic E-state index is -0.198. The molecule has 1 N–H and O–H groups in total. The Balaban J connectivity index is 1.81. The molecule has 4 nitrogen and oxygen atoms in total. The molecule has 0 radical (unpaired) electrons. The van der Waals surface area contributed by atoms with Crippen LogP contribution >= 0.6 is 11.3 Å². The van der Waals surface area contributed by atoms with Crippen LogP contribution in [-0.2, 0) is 0 Å². The molecular weight excluding hydrogens is 320 g/mol. The molecule has 24 heavy (non-hydrogen) atoms. The molecule has 3 aromatic rings. The molecule has 1 aromatic heterocycles. The van der Waals surface area contributed by atoms with Crippen LogP contribution in [0, 0.1) is 13.8 Å². The van der Waals surface area contributed by atoms with E-state index in [2.05, 4.69) is 42.3 Å². The summed E-state index contributed by atoms with van der Waals surface area (Å²) < 4.78 is 5.15. The van der Waals surface area contributed by atoms with Crippen molar-refractivity contribution in [3.8, 4) is 16.2 Å². The van der Waals surface area contributed by atoms with Gasteiger partial charge >= 0.3 is 0 Å². The summed E-state index contributed by atoms with van der Waals surface area (Å²) in [5.74, 6) is 0.452. The van der Waals surface area contributed by atoms with Crippen LogP contribution in [0.25, 0.3) is 10.4 Å². The van der Waals surface area contributed by atoms with Crippen molar-refractivity contribution in [2.45, 2.75) is 13.8 Å². The lowest BCUT2D eigenvalue weighted by atomic mass is 10.1. The summed E-state index contributed by atoms with van der Waals surface area (Å²) in [6.45, 7) is 4.14. The van der Waals surface area contributed by atoms with E-state index in [9.17, 15) is 4.79 Å². The number of aromatic nitrogens is 1. The minimum absolute atomic E-state index is 0.198. The molecule has 1 heterocycles. The highest BCUT2D eigenvalue weighted by atomic mass is 32.1. The average Bonchev–Trinajstić information content (AvgIpc) is 3.05. The molecule has 0 atom stereocenters. The van der Waals surface area contributed by atoms with Gasteiger partial charge in [0.2, 0.25) is 0 Å². The van der Waals surface area contributed by atoms with E-state index in [-0.39, 0.29) is 5.91 Å². The first kappa shape index (κ1) is 16.2. The van der Waals surface area contributed by atoms with Crippen molar-refractivity contribution in [2.75, 3.05) is 12.4 Å². The number of rotatable bonds is 4. The van der Waals surface area contributed by atoms with E-state index < -0.39 is 0 Å². The summed E-state index contributed by atoms with van der Waals surface area (Å²) in [6, 6.07) is 13.4. The lowest BCUT2D eigenvalue weighted by Crippen LogP contribution is -2.11. The number of nitrogens with one attached hydrogen (secondary N) is 1. The second-order valence-electron chi connectivity index (χ2n) is 5.53. The third-order valence-electron chi connectivity index (χ3n) is 3.72. The molecule has 0 aliphatic carbocycles. The fourth-order valence-corrected chi connectivity index (χ4v) is 3.28. The molecule has 0 bridgehead atoms. The monoisotopic (exact) mass is 338 g/mol. The van der Waals surface area contributed by atoms with Gasteiger partial charge in [0.1, 0.15) is 5.75 Å². The summed E-state index contributed by atoms with van der Waals surface area (Å²) in [6.07, 6.45) is 1.80. The first-order valence-corrected chi connectivity index (χ1v) is 8.37. The Labute approximate surface area is 145 Å². The molecule has 0 spiro atoms. The number of nitrogens with zero attached hydrogens (tertiary/aromatic N) is 1. The number of aryl methyl sites for hydroxylation is 2. The number of benzene rings is 2. The molecule has 0 fully saturated rings. The molecule has 5 heteroatoms. The Hall–Kier alpha value is -2.66. The smallest absolute Gasteiger partial charge is 0.257 e. The molecule has 2 aromatic carbocycles. The normalized spacial score (nSPS) is 10.5. The Morgan fingerprint density at radius 2 is 2.00 bits per heavy atom. The molecule has 0 saturated heterocycles. The lowest BCUT2D eigenvalue weighted by molar-refractivity contribution is 0.102. The average molecular weight is 338 g/mol. The van der Waals surface area contributed by atoms with Crippen LogP contribution in [0.5, 0.6) is 5.75 Å². The van der Waals surface area contributed by atoms with Crippen LogP contribution in [0.1, 0.15) is 21.5 Å². The maximum atomic E-state index is 12.3. The first-order valence-electron chi connectivity index (χ1n) is 7.55. The van der Waals surface area contributed by atoms with E-state index in [4.69, 9.17) is 4.74 Å². The van der Waals surface area contributed by atoms with Crippen molar-refractivity contribution in [1.82, 2.24) is 4.98 Å². The standard InChI is InChI=1S/C19H18N2O2S/c1-12-7-8-13(2)16(9-12)17-11-20-19(24-17)21-18(22)14-5-4-6-15(10-14)23-3/h4-11H,1-3H3,(H,20,21,22). The van der Waals surface area contributed by atoms with E-state index in [0.717, 1.165) is 10.4 Å². The topological polar surface area (TPSA) is 51.2 Å². The van der Waals surface area contributed by atoms with Gasteiger partial charge in [0.05, 0.1) is 12.0 Å². The van der Waals surface area contributed by atoms with Crippen molar-refractivity contribution in [3.05, 3.63) is 65.4 Å². The third-order valence-corrected chi connectivity index (χ3v) is 4.66. The Morgan fingerprint density at radius 1 is 1.17 bits per heavy atom. The first-order chi connectivity index (χ1) is 11.6. The Bertz CT molecular complexity index is 887. The van der Waals surface area contributed by atoms with Crippen LogP contribution in [0.4, 0.5) is 5.13 Å². The molecule has 0 saturated carbocycles. The van der Waals surface area contributed by atoms with E-state index in [1.165, 1.54) is 22.5 Å². The number of anilines is 1. The van der Waals surface area contributed by atoms with Gasteiger partial charge in [0, 0.05) is 11.8 Å². The summed E-state index contributed by atoms with van der Waals surface area (Å²) >= 11 is 1.47. The van der Waals surface area contributed by atoms with Crippen LogP contribution in [-0.4, -0.2) is 18.0 Å². The Kier molecular flexibility index (Phi) is 4.62. The van der Waals surface area contributed by atoms with Crippen LogP contribution < -0.4 is 10.1 Å². The van der Waals surface area contributed by atoms with Gasteiger partial charge < -0.3 is 4.74 Å². The number of methoxy groups -OCH3 is 1. The van der Waals surface area contributed by atoms with Gasteiger partial charge in [-0.1, -0.05) is 41.2 Å². The number of carbonyl (C=O) groups excluding carboxylic acids is 1. The molecule has 0 aliphatic rings.